The normalized spacial score (nSPS) is 10.7. The third kappa shape index (κ3) is 2.37. The molecule has 14 heavy (non-hydrogen) atoms. The highest BCUT2D eigenvalue weighted by molar-refractivity contribution is 5.54. The standard InChI is InChI=1S/C9H9FN2O2/c10-9-4-3-8(12(13)14)6-7(9)2-1-5-11/h1-4,6H,5,11H2. The second-order valence-electron chi connectivity index (χ2n) is 2.60. The molecule has 0 atom stereocenters. The summed E-state index contributed by atoms with van der Waals surface area (Å²) >= 11 is 0. The van der Waals surface area contributed by atoms with Gasteiger partial charge in [-0.25, -0.2) is 4.39 Å². The molecule has 1 aromatic rings. The van der Waals surface area contributed by atoms with Gasteiger partial charge in [-0.3, -0.25) is 10.1 Å². The Labute approximate surface area is 80.0 Å². The highest BCUT2D eigenvalue weighted by Gasteiger charge is 2.08. The molecule has 0 aliphatic heterocycles. The molecule has 4 nitrogen and oxygen atoms in total. The van der Waals surface area contributed by atoms with Crippen molar-refractivity contribution >= 4 is 11.8 Å². The van der Waals surface area contributed by atoms with Gasteiger partial charge in [0.2, 0.25) is 0 Å². The van der Waals surface area contributed by atoms with Crippen molar-refractivity contribution in [1.29, 1.82) is 0 Å². The molecule has 2 N–H and O–H groups in total. The van der Waals surface area contributed by atoms with Crippen LogP contribution in [-0.2, 0) is 0 Å². The van der Waals surface area contributed by atoms with Gasteiger partial charge >= 0.3 is 0 Å². The number of halogens is 1. The van der Waals surface area contributed by atoms with E-state index < -0.39 is 10.7 Å². The number of benzene rings is 1. The first-order valence-corrected chi connectivity index (χ1v) is 3.95. The second-order valence-corrected chi connectivity index (χ2v) is 2.60. The Morgan fingerprint density at radius 2 is 2.29 bits per heavy atom. The van der Waals surface area contributed by atoms with Crippen LogP contribution in [0.1, 0.15) is 5.56 Å². The predicted octanol–water partition coefficient (Wildman–Crippen LogP) is 1.71. The van der Waals surface area contributed by atoms with Crippen LogP contribution in [-0.4, -0.2) is 11.5 Å². The minimum absolute atomic E-state index is 0.136. The summed E-state index contributed by atoms with van der Waals surface area (Å²) in [6.07, 6.45) is 2.95. The lowest BCUT2D eigenvalue weighted by Crippen LogP contribution is -1.93. The molecule has 0 unspecified atom stereocenters. The van der Waals surface area contributed by atoms with E-state index in [4.69, 9.17) is 5.73 Å². The van der Waals surface area contributed by atoms with Crippen LogP contribution >= 0.6 is 0 Å². The van der Waals surface area contributed by atoms with Crippen LogP contribution in [0.5, 0.6) is 0 Å². The molecule has 0 spiro atoms. The van der Waals surface area contributed by atoms with Crippen molar-refractivity contribution in [2.24, 2.45) is 5.73 Å². The maximum Gasteiger partial charge on any atom is 0.270 e. The molecule has 0 aliphatic carbocycles. The fourth-order valence-corrected chi connectivity index (χ4v) is 0.967. The molecule has 5 heteroatoms. The van der Waals surface area contributed by atoms with Gasteiger partial charge in [0.25, 0.3) is 5.69 Å². The Balaban J connectivity index is 3.08. The summed E-state index contributed by atoms with van der Waals surface area (Å²) in [4.78, 5) is 9.80. The van der Waals surface area contributed by atoms with Gasteiger partial charge in [-0.2, -0.15) is 0 Å². The molecule has 0 heterocycles. The van der Waals surface area contributed by atoms with E-state index >= 15 is 0 Å². The summed E-state index contributed by atoms with van der Waals surface area (Å²) in [5, 5.41) is 10.4. The van der Waals surface area contributed by atoms with E-state index in [1.165, 1.54) is 18.2 Å². The maximum absolute atomic E-state index is 13.0. The molecular weight excluding hydrogens is 187 g/mol. The van der Waals surface area contributed by atoms with E-state index in [2.05, 4.69) is 0 Å². The third-order valence-electron chi connectivity index (χ3n) is 1.62. The van der Waals surface area contributed by atoms with Crippen molar-refractivity contribution in [3.8, 4) is 0 Å². The molecule has 74 valence electrons. The van der Waals surface area contributed by atoms with Crippen LogP contribution < -0.4 is 5.73 Å². The summed E-state index contributed by atoms with van der Waals surface area (Å²) < 4.78 is 13.0. The topological polar surface area (TPSA) is 69.2 Å². The van der Waals surface area contributed by atoms with Crippen molar-refractivity contribution < 1.29 is 9.31 Å². The van der Waals surface area contributed by atoms with Crippen LogP contribution in [0.4, 0.5) is 10.1 Å². The lowest BCUT2D eigenvalue weighted by atomic mass is 10.2. The highest BCUT2D eigenvalue weighted by Crippen LogP contribution is 2.17. The number of nitrogens with zero attached hydrogens (tertiary/aromatic N) is 1. The second kappa shape index (κ2) is 4.48. The molecule has 1 rings (SSSR count). The van der Waals surface area contributed by atoms with E-state index in [0.717, 1.165) is 12.1 Å². The van der Waals surface area contributed by atoms with Crippen molar-refractivity contribution in [2.75, 3.05) is 6.54 Å². The molecule has 0 aromatic heterocycles. The number of nitro groups is 1. The van der Waals surface area contributed by atoms with Gasteiger partial charge < -0.3 is 5.73 Å². The zero-order valence-electron chi connectivity index (χ0n) is 7.31. The van der Waals surface area contributed by atoms with E-state index in [1.54, 1.807) is 0 Å². The molecule has 0 fully saturated rings. The summed E-state index contributed by atoms with van der Waals surface area (Å²) in [6, 6.07) is 3.35. The van der Waals surface area contributed by atoms with Crippen molar-refractivity contribution in [3.05, 3.63) is 45.8 Å². The monoisotopic (exact) mass is 196 g/mol. The quantitative estimate of drug-likeness (QED) is 0.591. The van der Waals surface area contributed by atoms with E-state index in [-0.39, 0.29) is 17.8 Å². The number of non-ortho nitro benzene ring substituents is 1. The third-order valence-corrected chi connectivity index (χ3v) is 1.62. The van der Waals surface area contributed by atoms with Crippen molar-refractivity contribution in [2.45, 2.75) is 0 Å². The van der Waals surface area contributed by atoms with Crippen LogP contribution in [0.15, 0.2) is 24.3 Å². The molecule has 1 aromatic carbocycles. The van der Waals surface area contributed by atoms with Crippen LogP contribution in [0, 0.1) is 15.9 Å². The molecule has 0 amide bonds. The van der Waals surface area contributed by atoms with Gasteiger partial charge in [0.1, 0.15) is 5.82 Å². The molecule has 0 bridgehead atoms. The van der Waals surface area contributed by atoms with Gasteiger partial charge in [-0.1, -0.05) is 12.2 Å². The molecule has 0 radical (unpaired) electrons. The first kappa shape index (κ1) is 10.3. The van der Waals surface area contributed by atoms with E-state index in [1.807, 2.05) is 0 Å². The zero-order valence-corrected chi connectivity index (χ0v) is 7.31. The van der Waals surface area contributed by atoms with Crippen molar-refractivity contribution in [1.82, 2.24) is 0 Å². The number of nitro benzene ring substituents is 1. The highest BCUT2D eigenvalue weighted by atomic mass is 19.1. The van der Waals surface area contributed by atoms with Gasteiger partial charge in [0.05, 0.1) is 4.92 Å². The lowest BCUT2D eigenvalue weighted by molar-refractivity contribution is -0.384. The number of hydrogen-bond donors (Lipinski definition) is 1. The van der Waals surface area contributed by atoms with E-state index in [0.29, 0.717) is 0 Å². The summed E-state index contributed by atoms with van der Waals surface area (Å²) in [5.74, 6) is -0.500. The molecule has 0 aliphatic rings. The first-order valence-electron chi connectivity index (χ1n) is 3.95. The largest absolute Gasteiger partial charge is 0.327 e. The first-order chi connectivity index (χ1) is 6.65. The van der Waals surface area contributed by atoms with Crippen molar-refractivity contribution in [3.63, 3.8) is 0 Å². The lowest BCUT2D eigenvalue weighted by Gasteiger charge is -1.96. The minimum Gasteiger partial charge on any atom is -0.327 e. The Bertz CT molecular complexity index is 377. The van der Waals surface area contributed by atoms with E-state index in [9.17, 15) is 14.5 Å². The summed E-state index contributed by atoms with van der Waals surface area (Å²) in [5.41, 5.74) is 5.22. The van der Waals surface area contributed by atoms with Crippen LogP contribution in [0.25, 0.3) is 6.08 Å². The minimum atomic E-state index is -0.570. The number of rotatable bonds is 3. The maximum atomic E-state index is 13.0. The summed E-state index contributed by atoms with van der Waals surface area (Å²) in [6.45, 7) is 0.266. The Kier molecular flexibility index (Phi) is 3.30. The molecule has 0 saturated carbocycles. The van der Waals surface area contributed by atoms with Crippen LogP contribution in [0.3, 0.4) is 0 Å². The summed E-state index contributed by atoms with van der Waals surface area (Å²) in [7, 11) is 0. The predicted molar refractivity (Wildman–Crippen MR) is 51.1 cm³/mol. The Morgan fingerprint density at radius 1 is 1.57 bits per heavy atom. The molecular formula is C9H9FN2O2. The van der Waals surface area contributed by atoms with Gasteiger partial charge in [0, 0.05) is 24.2 Å². The Hall–Kier alpha value is -1.75. The van der Waals surface area contributed by atoms with Gasteiger partial charge in [-0.15, -0.1) is 0 Å². The van der Waals surface area contributed by atoms with Crippen LogP contribution in [0.2, 0.25) is 0 Å². The molecule has 0 saturated heterocycles. The smallest absolute Gasteiger partial charge is 0.270 e. The fourth-order valence-electron chi connectivity index (χ4n) is 0.967. The fraction of sp³-hybridized carbons (Fsp3) is 0.111. The zero-order chi connectivity index (χ0) is 10.6. The number of nitrogens with two attached hydrogens (primary N) is 1. The number of hydrogen-bond acceptors (Lipinski definition) is 3. The SMILES string of the molecule is NCC=Cc1cc([N+](=O)[O-])ccc1F. The average Bonchev–Trinajstić information content (AvgIpc) is 2.16. The van der Waals surface area contributed by atoms with Gasteiger partial charge in [-0.05, 0) is 6.07 Å². The average molecular weight is 196 g/mol. The Morgan fingerprint density at radius 3 is 2.86 bits per heavy atom. The van der Waals surface area contributed by atoms with Gasteiger partial charge in [0.15, 0.2) is 0 Å².